The van der Waals surface area contributed by atoms with Crippen molar-refractivity contribution in [1.82, 2.24) is 9.88 Å². The van der Waals surface area contributed by atoms with E-state index in [-0.39, 0.29) is 49.0 Å². The van der Waals surface area contributed by atoms with E-state index in [4.69, 9.17) is 4.74 Å². The van der Waals surface area contributed by atoms with Crippen LogP contribution in [-0.4, -0.2) is 102 Å². The fourth-order valence-corrected chi connectivity index (χ4v) is 7.37. The molecule has 202 valence electrons. The first-order chi connectivity index (χ1) is 16.8. The van der Waals surface area contributed by atoms with Crippen LogP contribution in [0.15, 0.2) is 17.2 Å². The van der Waals surface area contributed by atoms with Crippen LogP contribution < -0.4 is 4.90 Å². The summed E-state index contributed by atoms with van der Waals surface area (Å²) in [4.78, 5) is 30.5. The molecule has 1 unspecified atom stereocenters. The van der Waals surface area contributed by atoms with Crippen molar-refractivity contribution in [2.75, 3.05) is 56.9 Å². The highest BCUT2D eigenvalue weighted by atomic mass is 32.2. The maximum absolute atomic E-state index is 13.2. The monoisotopic (exact) mass is 547 g/mol. The number of amides is 1. The van der Waals surface area contributed by atoms with Crippen LogP contribution in [0.5, 0.6) is 0 Å². The number of methoxy groups -OCH3 is 1. The van der Waals surface area contributed by atoms with E-state index in [1.165, 1.54) is 6.07 Å². The Balaban J connectivity index is 2.16. The number of aromatic nitrogens is 1. The molecular formula is C22H33N3O9S2. The minimum Gasteiger partial charge on any atom is -0.469 e. The van der Waals surface area contributed by atoms with Crippen LogP contribution in [0.2, 0.25) is 0 Å². The molecule has 1 N–H and O–H groups in total. The Bertz CT molecular complexity index is 1190. The second-order valence-electron chi connectivity index (χ2n) is 9.06. The van der Waals surface area contributed by atoms with Crippen LogP contribution in [0, 0.1) is 0 Å². The molecule has 1 amide bonds. The van der Waals surface area contributed by atoms with E-state index in [0.29, 0.717) is 32.0 Å². The van der Waals surface area contributed by atoms with E-state index in [1.54, 1.807) is 6.07 Å². The summed E-state index contributed by atoms with van der Waals surface area (Å²) in [7, 11) is -6.72. The van der Waals surface area contributed by atoms with E-state index < -0.39 is 42.2 Å². The molecule has 2 aliphatic heterocycles. The normalized spacial score (nSPS) is 20.7. The van der Waals surface area contributed by atoms with Crippen LogP contribution in [0.3, 0.4) is 0 Å². The molecule has 2 fully saturated rings. The number of rotatable bonds is 8. The summed E-state index contributed by atoms with van der Waals surface area (Å²) in [6.07, 6.45) is 0.213. The second kappa shape index (κ2) is 10.9. The number of carboxylic acid groups (broad SMARTS) is 1. The first-order valence-electron chi connectivity index (χ1n) is 11.7. The molecule has 14 heteroatoms. The van der Waals surface area contributed by atoms with Crippen LogP contribution in [0.4, 0.5) is 10.6 Å². The summed E-state index contributed by atoms with van der Waals surface area (Å²) in [6.45, 7) is 3.19. The van der Waals surface area contributed by atoms with Gasteiger partial charge in [0.05, 0.1) is 38.5 Å². The van der Waals surface area contributed by atoms with Gasteiger partial charge in [0, 0.05) is 25.9 Å². The number of ether oxygens (including phenoxy) is 2. The molecule has 0 bridgehead atoms. The van der Waals surface area contributed by atoms with Gasteiger partial charge in [-0.25, -0.2) is 26.6 Å². The Morgan fingerprint density at radius 3 is 2.42 bits per heavy atom. The van der Waals surface area contributed by atoms with E-state index in [0.717, 1.165) is 18.3 Å². The van der Waals surface area contributed by atoms with Crippen LogP contribution in [-0.2, 0) is 38.7 Å². The van der Waals surface area contributed by atoms with Crippen molar-refractivity contribution in [3.63, 3.8) is 0 Å². The third-order valence-corrected chi connectivity index (χ3v) is 10.6. The Labute approximate surface area is 211 Å². The SMILES string of the molecule is CCC1COCCN1c1cc(C2(S(C)(=O)=O)CCN(C(=O)O)CC2)cc(S(=O)(=O)CCC(=O)OC)n1. The van der Waals surface area contributed by atoms with Crippen LogP contribution in [0.1, 0.15) is 38.2 Å². The number of carbonyl (C=O) groups excluding carboxylic acids is 1. The minimum absolute atomic E-state index is 0.0143. The molecule has 3 heterocycles. The largest absolute Gasteiger partial charge is 0.469 e. The number of piperidine rings is 1. The summed E-state index contributed by atoms with van der Waals surface area (Å²) in [5.74, 6) is -0.931. The van der Waals surface area contributed by atoms with E-state index in [2.05, 4.69) is 9.72 Å². The standard InChI is InChI=1S/C22H33N3O9S2/c1-4-17-15-34-11-10-25(17)18-13-16(14-19(23-18)36(31,32)12-5-20(26)33-2)22(35(3,29)30)6-8-24(9-7-22)21(27)28/h13-14,17H,4-12,15H2,1-3H3,(H,27,28). The fraction of sp³-hybridized carbons (Fsp3) is 0.682. The molecular weight excluding hydrogens is 514 g/mol. The fourth-order valence-electron chi connectivity index (χ4n) is 4.71. The molecule has 36 heavy (non-hydrogen) atoms. The first-order valence-corrected chi connectivity index (χ1v) is 15.2. The Kier molecular flexibility index (Phi) is 8.51. The van der Waals surface area contributed by atoms with Gasteiger partial charge in [-0.2, -0.15) is 0 Å². The van der Waals surface area contributed by atoms with Crippen molar-refractivity contribution >= 4 is 37.6 Å². The number of sulfone groups is 2. The number of morpholine rings is 1. The number of likely N-dealkylation sites (tertiary alicyclic amines) is 1. The third-order valence-electron chi connectivity index (χ3n) is 6.98. The van der Waals surface area contributed by atoms with Crippen molar-refractivity contribution in [3.05, 3.63) is 17.7 Å². The summed E-state index contributed by atoms with van der Waals surface area (Å²) in [5, 5.41) is 9.03. The lowest BCUT2D eigenvalue weighted by Crippen LogP contribution is -2.49. The Morgan fingerprint density at radius 1 is 1.19 bits per heavy atom. The van der Waals surface area contributed by atoms with Gasteiger partial charge < -0.3 is 24.4 Å². The van der Waals surface area contributed by atoms with E-state index >= 15 is 0 Å². The van der Waals surface area contributed by atoms with Gasteiger partial charge in [0.2, 0.25) is 0 Å². The van der Waals surface area contributed by atoms with Crippen molar-refractivity contribution in [3.8, 4) is 0 Å². The first kappa shape index (κ1) is 28.1. The smallest absolute Gasteiger partial charge is 0.407 e. The quantitative estimate of drug-likeness (QED) is 0.463. The molecule has 2 saturated heterocycles. The maximum atomic E-state index is 13.2. The maximum Gasteiger partial charge on any atom is 0.407 e. The van der Waals surface area contributed by atoms with Crippen molar-refractivity contribution in [2.24, 2.45) is 0 Å². The zero-order valence-electron chi connectivity index (χ0n) is 20.7. The molecule has 0 aromatic carbocycles. The summed E-state index contributed by atoms with van der Waals surface area (Å²) in [5.41, 5.74) is 0.248. The zero-order chi connectivity index (χ0) is 26.7. The van der Waals surface area contributed by atoms with Gasteiger partial charge >= 0.3 is 12.1 Å². The van der Waals surface area contributed by atoms with Crippen LogP contribution >= 0.6 is 0 Å². The lowest BCUT2D eigenvalue weighted by atomic mass is 9.88. The zero-order valence-corrected chi connectivity index (χ0v) is 22.3. The Hall–Kier alpha value is -2.45. The molecule has 3 rings (SSSR count). The summed E-state index contributed by atoms with van der Waals surface area (Å²) < 4.78 is 61.4. The number of pyridine rings is 1. The average Bonchev–Trinajstić information content (AvgIpc) is 2.86. The second-order valence-corrected chi connectivity index (χ2v) is 13.4. The topological polar surface area (TPSA) is 160 Å². The average molecular weight is 548 g/mol. The predicted octanol–water partition coefficient (Wildman–Crippen LogP) is 1.05. The molecule has 0 saturated carbocycles. The van der Waals surface area contributed by atoms with E-state index in [9.17, 15) is 31.5 Å². The molecule has 1 aromatic rings. The number of nitrogens with zero attached hydrogens (tertiary/aromatic N) is 3. The number of anilines is 1. The molecule has 0 aliphatic carbocycles. The number of carbonyl (C=O) groups is 2. The molecule has 0 spiro atoms. The lowest BCUT2D eigenvalue weighted by molar-refractivity contribution is -0.140. The number of hydrogen-bond donors (Lipinski definition) is 1. The molecule has 2 aliphatic rings. The van der Waals surface area contributed by atoms with Gasteiger partial charge in [-0.05, 0) is 37.0 Å². The van der Waals surface area contributed by atoms with Gasteiger partial charge in [-0.1, -0.05) is 6.92 Å². The highest BCUT2D eigenvalue weighted by molar-refractivity contribution is 7.92. The Morgan fingerprint density at radius 2 is 1.86 bits per heavy atom. The van der Waals surface area contributed by atoms with Gasteiger partial charge in [-0.3, -0.25) is 4.79 Å². The molecule has 0 radical (unpaired) electrons. The van der Waals surface area contributed by atoms with E-state index in [1.807, 2.05) is 11.8 Å². The van der Waals surface area contributed by atoms with Crippen molar-refractivity contribution in [2.45, 2.75) is 48.4 Å². The van der Waals surface area contributed by atoms with Gasteiger partial charge in [0.1, 0.15) is 10.6 Å². The summed E-state index contributed by atoms with van der Waals surface area (Å²) in [6, 6.07) is 2.77. The van der Waals surface area contributed by atoms with Crippen molar-refractivity contribution < 1.29 is 41.0 Å². The van der Waals surface area contributed by atoms with Gasteiger partial charge in [0.15, 0.2) is 24.7 Å². The molecule has 12 nitrogen and oxygen atoms in total. The molecule has 1 aromatic heterocycles. The summed E-state index contributed by atoms with van der Waals surface area (Å²) >= 11 is 0. The number of esters is 1. The molecule has 1 atom stereocenters. The minimum atomic E-state index is -4.08. The highest BCUT2D eigenvalue weighted by Gasteiger charge is 2.47. The van der Waals surface area contributed by atoms with Crippen LogP contribution in [0.25, 0.3) is 0 Å². The lowest BCUT2D eigenvalue weighted by Gasteiger charge is -2.41. The predicted molar refractivity (Wildman–Crippen MR) is 131 cm³/mol. The highest BCUT2D eigenvalue weighted by Crippen LogP contribution is 2.42. The van der Waals surface area contributed by atoms with Gasteiger partial charge in [-0.15, -0.1) is 0 Å². The van der Waals surface area contributed by atoms with Crippen molar-refractivity contribution in [1.29, 1.82) is 0 Å². The van der Waals surface area contributed by atoms with Gasteiger partial charge in [0.25, 0.3) is 0 Å². The number of hydrogen-bond acceptors (Lipinski definition) is 10. The third kappa shape index (κ3) is 5.75.